The molecule has 0 bridgehead atoms. The lowest BCUT2D eigenvalue weighted by Gasteiger charge is -2.42. The van der Waals surface area contributed by atoms with Gasteiger partial charge in [0.2, 0.25) is 0 Å². The normalized spacial score (nSPS) is 23.5. The topological polar surface area (TPSA) is 74.6 Å². The third kappa shape index (κ3) is 3.80. The number of carbonyl (C=O) groups excluding carboxylic acids is 2. The molecule has 1 aliphatic carbocycles. The summed E-state index contributed by atoms with van der Waals surface area (Å²) < 4.78 is 0. The first-order valence-electron chi connectivity index (χ1n) is 9.89. The van der Waals surface area contributed by atoms with Crippen LogP contribution in [-0.2, 0) is 6.42 Å². The summed E-state index contributed by atoms with van der Waals surface area (Å²) in [5.41, 5.74) is 0.581. The van der Waals surface area contributed by atoms with E-state index < -0.39 is 11.2 Å². The number of benzene rings is 2. The van der Waals surface area contributed by atoms with Crippen LogP contribution in [0.1, 0.15) is 71.9 Å². The molecule has 3 rings (SSSR count). The van der Waals surface area contributed by atoms with Crippen molar-refractivity contribution in [2.24, 2.45) is 5.92 Å². The maximum absolute atomic E-state index is 12.5. The van der Waals surface area contributed by atoms with E-state index in [2.05, 4.69) is 0 Å². The molecule has 0 radical (unpaired) electrons. The van der Waals surface area contributed by atoms with Gasteiger partial charge in [-0.15, -0.1) is 0 Å². The Morgan fingerprint density at radius 1 is 1.04 bits per heavy atom. The van der Waals surface area contributed by atoms with Gasteiger partial charge in [-0.3, -0.25) is 9.59 Å². The highest BCUT2D eigenvalue weighted by Crippen LogP contribution is 2.40. The zero-order valence-corrected chi connectivity index (χ0v) is 16.7. The minimum Gasteiger partial charge on any atom is -0.382 e. The molecule has 2 aromatic carbocycles. The minimum absolute atomic E-state index is 0.00869. The van der Waals surface area contributed by atoms with E-state index in [1.807, 2.05) is 31.2 Å². The molecule has 4 heteroatoms. The molecular formula is C24H28O4. The molecule has 148 valence electrons. The Balaban J connectivity index is 1.68. The number of ketones is 2. The molecule has 0 aromatic heterocycles. The Morgan fingerprint density at radius 3 is 1.93 bits per heavy atom. The lowest BCUT2D eigenvalue weighted by Crippen LogP contribution is -2.52. The quantitative estimate of drug-likeness (QED) is 0.713. The van der Waals surface area contributed by atoms with E-state index in [1.54, 1.807) is 31.2 Å². The van der Waals surface area contributed by atoms with Crippen molar-refractivity contribution in [1.82, 2.24) is 0 Å². The van der Waals surface area contributed by atoms with Gasteiger partial charge in [0.05, 0.1) is 0 Å². The van der Waals surface area contributed by atoms with Gasteiger partial charge in [0.15, 0.2) is 11.6 Å². The van der Waals surface area contributed by atoms with Crippen LogP contribution < -0.4 is 0 Å². The van der Waals surface area contributed by atoms with Crippen molar-refractivity contribution in [1.29, 1.82) is 0 Å². The Labute approximate surface area is 166 Å². The summed E-state index contributed by atoms with van der Waals surface area (Å²) in [6.45, 7) is 5.22. The fraction of sp³-hybridized carbons (Fsp3) is 0.417. The van der Waals surface area contributed by atoms with Crippen molar-refractivity contribution in [2.75, 3.05) is 0 Å². The number of Topliss-reactive ketones (excluding diaryl/α,β-unsaturated/α-hetero) is 2. The van der Waals surface area contributed by atoms with Crippen LogP contribution >= 0.6 is 0 Å². The standard InChI is InChI=1S/C24H28O4/c1-4-23(3,27)21(25)19-9-5-17(6-10-19)15-18-7-11-20(12-8-18)22(26)24(28)14-13-16(24)2/h5-12,16,27-28H,4,13-15H2,1-3H3. The predicted octanol–water partition coefficient (Wildman–Crippen LogP) is 3.96. The monoisotopic (exact) mass is 380 g/mol. The van der Waals surface area contributed by atoms with E-state index in [4.69, 9.17) is 0 Å². The molecule has 1 fully saturated rings. The van der Waals surface area contributed by atoms with Crippen LogP contribution in [0.3, 0.4) is 0 Å². The van der Waals surface area contributed by atoms with E-state index in [-0.39, 0.29) is 17.5 Å². The van der Waals surface area contributed by atoms with Gasteiger partial charge >= 0.3 is 0 Å². The van der Waals surface area contributed by atoms with Crippen molar-refractivity contribution in [2.45, 2.75) is 57.7 Å². The summed E-state index contributed by atoms with van der Waals surface area (Å²) >= 11 is 0. The zero-order valence-electron chi connectivity index (χ0n) is 16.7. The molecule has 1 saturated carbocycles. The van der Waals surface area contributed by atoms with Crippen molar-refractivity contribution in [3.63, 3.8) is 0 Å². The average molecular weight is 380 g/mol. The molecule has 0 spiro atoms. The summed E-state index contributed by atoms with van der Waals surface area (Å²) in [4.78, 5) is 24.8. The van der Waals surface area contributed by atoms with E-state index >= 15 is 0 Å². The fourth-order valence-electron chi connectivity index (χ4n) is 3.55. The molecule has 3 unspecified atom stereocenters. The highest BCUT2D eigenvalue weighted by molar-refractivity contribution is 6.03. The average Bonchev–Trinajstić information content (AvgIpc) is 2.72. The van der Waals surface area contributed by atoms with E-state index in [0.29, 0.717) is 30.4 Å². The maximum Gasteiger partial charge on any atom is 0.194 e. The van der Waals surface area contributed by atoms with Crippen molar-refractivity contribution in [3.8, 4) is 0 Å². The SMILES string of the molecule is CCC(C)(O)C(=O)c1ccc(Cc2ccc(C(=O)C3(O)CCC3C)cc2)cc1. The molecule has 2 aromatic rings. The molecule has 0 heterocycles. The molecule has 3 atom stereocenters. The lowest BCUT2D eigenvalue weighted by molar-refractivity contribution is -0.0555. The Hall–Kier alpha value is -2.30. The van der Waals surface area contributed by atoms with Crippen LogP contribution in [-0.4, -0.2) is 33.0 Å². The van der Waals surface area contributed by atoms with Gasteiger partial charge in [-0.25, -0.2) is 0 Å². The molecular weight excluding hydrogens is 352 g/mol. The fourth-order valence-corrected chi connectivity index (χ4v) is 3.55. The molecule has 0 aliphatic heterocycles. The largest absolute Gasteiger partial charge is 0.382 e. The Morgan fingerprint density at radius 2 is 1.54 bits per heavy atom. The van der Waals surface area contributed by atoms with Gasteiger partial charge in [0, 0.05) is 11.1 Å². The smallest absolute Gasteiger partial charge is 0.194 e. The highest BCUT2D eigenvalue weighted by Gasteiger charge is 2.48. The highest BCUT2D eigenvalue weighted by atomic mass is 16.3. The number of aliphatic hydroxyl groups is 2. The predicted molar refractivity (Wildman–Crippen MR) is 109 cm³/mol. The number of rotatable bonds is 7. The van der Waals surface area contributed by atoms with Crippen molar-refractivity contribution < 1.29 is 19.8 Å². The molecule has 0 amide bonds. The zero-order chi connectivity index (χ0) is 20.5. The summed E-state index contributed by atoms with van der Waals surface area (Å²) in [5, 5.41) is 20.6. The number of hydrogen-bond acceptors (Lipinski definition) is 4. The third-order valence-electron chi connectivity index (χ3n) is 6.19. The number of hydrogen-bond donors (Lipinski definition) is 2. The Bertz CT molecular complexity index is 864. The van der Waals surface area contributed by atoms with Gasteiger partial charge in [-0.05, 0) is 49.7 Å². The van der Waals surface area contributed by atoms with Gasteiger partial charge < -0.3 is 10.2 Å². The second-order valence-corrected chi connectivity index (χ2v) is 8.22. The minimum atomic E-state index is -1.34. The summed E-state index contributed by atoms with van der Waals surface area (Å²) in [6, 6.07) is 14.6. The lowest BCUT2D eigenvalue weighted by atomic mass is 9.67. The number of carbonyl (C=O) groups is 2. The first kappa shape index (κ1) is 20.4. The van der Waals surface area contributed by atoms with Crippen LogP contribution in [0.15, 0.2) is 48.5 Å². The third-order valence-corrected chi connectivity index (χ3v) is 6.19. The van der Waals surface area contributed by atoms with Crippen LogP contribution in [0.2, 0.25) is 0 Å². The molecule has 2 N–H and O–H groups in total. The first-order valence-corrected chi connectivity index (χ1v) is 9.89. The van der Waals surface area contributed by atoms with Gasteiger partial charge in [-0.2, -0.15) is 0 Å². The molecule has 0 saturated heterocycles. The van der Waals surface area contributed by atoms with Gasteiger partial charge in [0.25, 0.3) is 0 Å². The second-order valence-electron chi connectivity index (χ2n) is 8.22. The van der Waals surface area contributed by atoms with Crippen LogP contribution in [0, 0.1) is 5.92 Å². The summed E-state index contributed by atoms with van der Waals surface area (Å²) in [5.74, 6) is -0.453. The van der Waals surface area contributed by atoms with Gasteiger partial charge in [-0.1, -0.05) is 62.4 Å². The van der Waals surface area contributed by atoms with Crippen LogP contribution in [0.4, 0.5) is 0 Å². The van der Waals surface area contributed by atoms with Crippen LogP contribution in [0.5, 0.6) is 0 Å². The maximum atomic E-state index is 12.5. The molecule has 1 aliphatic rings. The second kappa shape index (κ2) is 7.61. The summed E-state index contributed by atoms with van der Waals surface area (Å²) in [6.07, 6.45) is 2.46. The van der Waals surface area contributed by atoms with Crippen molar-refractivity contribution >= 4 is 11.6 Å². The first-order chi connectivity index (χ1) is 13.2. The van der Waals surface area contributed by atoms with Crippen LogP contribution in [0.25, 0.3) is 0 Å². The summed E-state index contributed by atoms with van der Waals surface area (Å²) in [7, 11) is 0. The molecule has 4 nitrogen and oxygen atoms in total. The molecule has 28 heavy (non-hydrogen) atoms. The van der Waals surface area contributed by atoms with E-state index in [1.165, 1.54) is 6.92 Å². The van der Waals surface area contributed by atoms with Crippen molar-refractivity contribution in [3.05, 3.63) is 70.8 Å². The van der Waals surface area contributed by atoms with E-state index in [0.717, 1.165) is 17.5 Å². The van der Waals surface area contributed by atoms with Gasteiger partial charge in [0.1, 0.15) is 11.2 Å². The Kier molecular flexibility index (Phi) is 5.55. The van der Waals surface area contributed by atoms with E-state index in [9.17, 15) is 19.8 Å².